The van der Waals surface area contributed by atoms with Crippen molar-refractivity contribution in [3.63, 3.8) is 0 Å². The van der Waals surface area contributed by atoms with E-state index in [-0.39, 0.29) is 0 Å². The SMILES string of the molecule is COc1cccc(C2=C(c3cccc(OC)c3)[N+](C)(C)c3ccccc32)c1.[O-][Cl+3]([O-])([O-])[O-]. The number of methoxy groups -OCH3 is 2. The number of quaternary nitrogens is 1. The summed E-state index contributed by atoms with van der Waals surface area (Å²) in [6.45, 7) is 0. The lowest BCUT2D eigenvalue weighted by molar-refractivity contribution is -2.00. The second-order valence-corrected chi connectivity index (χ2v) is 8.29. The molecule has 32 heavy (non-hydrogen) atoms. The highest BCUT2D eigenvalue weighted by Crippen LogP contribution is 2.50. The quantitative estimate of drug-likeness (QED) is 0.526. The van der Waals surface area contributed by atoms with Gasteiger partial charge in [0.25, 0.3) is 0 Å². The number of halogens is 1. The van der Waals surface area contributed by atoms with Crippen LogP contribution in [0, 0.1) is 10.2 Å². The molecule has 0 unspecified atom stereocenters. The van der Waals surface area contributed by atoms with Gasteiger partial charge in [-0.1, -0.05) is 30.3 Å². The molecule has 0 saturated carbocycles. The normalized spacial score (nSPS) is 14.4. The number of nitrogens with zero attached hydrogens (tertiary/aromatic N) is 1. The largest absolute Gasteiger partial charge is 0.497 e. The molecule has 0 atom stereocenters. The zero-order valence-corrected chi connectivity index (χ0v) is 19.0. The maximum atomic E-state index is 8.49. The molecule has 1 aliphatic heterocycles. The smallest absolute Gasteiger partial charge is 0.153 e. The van der Waals surface area contributed by atoms with Gasteiger partial charge in [-0.05, 0) is 42.0 Å². The second kappa shape index (κ2) is 9.30. The Morgan fingerprint density at radius 2 is 1.19 bits per heavy atom. The van der Waals surface area contributed by atoms with Crippen LogP contribution in [-0.4, -0.2) is 28.3 Å². The van der Waals surface area contributed by atoms with E-state index in [1.54, 1.807) is 14.2 Å². The average molecular weight is 458 g/mol. The number of para-hydroxylation sites is 1. The van der Waals surface area contributed by atoms with Crippen molar-refractivity contribution in [2.24, 2.45) is 0 Å². The molecule has 1 heterocycles. The van der Waals surface area contributed by atoms with Gasteiger partial charge in [0, 0.05) is 17.2 Å². The van der Waals surface area contributed by atoms with Crippen molar-refractivity contribution in [3.8, 4) is 11.5 Å². The van der Waals surface area contributed by atoms with Crippen molar-refractivity contribution < 1.29 is 38.4 Å². The van der Waals surface area contributed by atoms with E-state index < -0.39 is 10.2 Å². The highest BCUT2D eigenvalue weighted by atomic mass is 35.7. The zero-order valence-electron chi connectivity index (χ0n) is 18.2. The fraction of sp³-hybridized carbons (Fsp3) is 0.167. The van der Waals surface area contributed by atoms with Gasteiger partial charge in [-0.15, -0.1) is 10.2 Å². The maximum Gasteiger partial charge on any atom is 0.153 e. The molecule has 0 radical (unpaired) electrons. The van der Waals surface area contributed by atoms with E-state index in [2.05, 4.69) is 62.6 Å². The summed E-state index contributed by atoms with van der Waals surface area (Å²) in [6.07, 6.45) is 0. The molecule has 0 N–H and O–H groups in total. The van der Waals surface area contributed by atoms with E-state index in [1.165, 1.54) is 22.5 Å². The molecule has 0 aliphatic carbocycles. The molecule has 4 rings (SSSR count). The minimum absolute atomic E-state index is 0.676. The molecule has 3 aromatic carbocycles. The minimum Gasteiger partial charge on any atom is -0.497 e. The fourth-order valence-corrected chi connectivity index (χ4v) is 4.01. The van der Waals surface area contributed by atoms with Gasteiger partial charge in [0.05, 0.1) is 33.9 Å². The Morgan fingerprint density at radius 3 is 1.75 bits per heavy atom. The van der Waals surface area contributed by atoms with E-state index in [1.807, 2.05) is 24.3 Å². The van der Waals surface area contributed by atoms with Crippen LogP contribution >= 0.6 is 0 Å². The summed E-state index contributed by atoms with van der Waals surface area (Å²) < 4.78 is 45.6. The van der Waals surface area contributed by atoms with Crippen LogP contribution < -0.4 is 32.6 Å². The number of hydrogen-bond donors (Lipinski definition) is 0. The summed E-state index contributed by atoms with van der Waals surface area (Å²) in [5.74, 6) is 1.72. The Kier molecular flexibility index (Phi) is 6.90. The van der Waals surface area contributed by atoms with Gasteiger partial charge in [0.1, 0.15) is 17.2 Å². The first kappa shape index (κ1) is 23.7. The van der Waals surface area contributed by atoms with E-state index in [4.69, 9.17) is 28.1 Å². The number of benzene rings is 3. The molecule has 0 amide bonds. The molecule has 1 aliphatic rings. The highest BCUT2D eigenvalue weighted by Gasteiger charge is 2.40. The first-order valence-electron chi connectivity index (χ1n) is 9.65. The molecule has 7 nitrogen and oxygen atoms in total. The Bertz CT molecular complexity index is 1130. The fourth-order valence-electron chi connectivity index (χ4n) is 4.01. The van der Waals surface area contributed by atoms with Crippen LogP contribution in [0.15, 0.2) is 72.8 Å². The number of fused-ring (bicyclic) bond motifs is 1. The summed E-state index contributed by atoms with van der Waals surface area (Å²) in [6, 6.07) is 25.2. The van der Waals surface area contributed by atoms with Crippen molar-refractivity contribution in [3.05, 3.63) is 89.5 Å². The summed E-state index contributed by atoms with van der Waals surface area (Å²) >= 11 is 0. The maximum absolute atomic E-state index is 8.49. The van der Waals surface area contributed by atoms with E-state index in [0.717, 1.165) is 22.6 Å². The molecule has 0 saturated heterocycles. The Balaban J connectivity index is 0.000000523. The standard InChI is InChI=1S/C24H24NO2.ClHO4/c1-25(2)22-14-6-5-13-21(22)23(17-9-7-11-19(15-17)26-3)24(25)18-10-8-12-20(16-18)27-4;2-1(3,4)5/h5-16H,1-4H3;(H,2,3,4,5)/q+1;/p-1. The van der Waals surface area contributed by atoms with E-state index >= 15 is 0 Å². The lowest BCUT2D eigenvalue weighted by Gasteiger charge is -2.28. The minimum atomic E-state index is -4.94. The topological polar surface area (TPSA) is 111 Å². The predicted octanol–water partition coefficient (Wildman–Crippen LogP) is 0.445. The van der Waals surface area contributed by atoms with Crippen molar-refractivity contribution in [2.75, 3.05) is 28.3 Å². The molecular weight excluding hydrogens is 434 g/mol. The number of ether oxygens (including phenoxy) is 2. The van der Waals surface area contributed by atoms with Crippen LogP contribution in [0.2, 0.25) is 0 Å². The van der Waals surface area contributed by atoms with Crippen LogP contribution in [0.4, 0.5) is 5.69 Å². The average Bonchev–Trinajstić information content (AvgIpc) is 3.00. The van der Waals surface area contributed by atoms with Crippen molar-refractivity contribution in [1.82, 2.24) is 4.48 Å². The molecule has 8 heteroatoms. The third-order valence-electron chi connectivity index (χ3n) is 5.27. The first-order chi connectivity index (χ1) is 15.1. The van der Waals surface area contributed by atoms with Crippen molar-refractivity contribution in [1.29, 1.82) is 0 Å². The molecule has 168 valence electrons. The summed E-state index contributed by atoms with van der Waals surface area (Å²) in [5, 5.41) is 0. The van der Waals surface area contributed by atoms with E-state index in [9.17, 15) is 0 Å². The molecule has 0 aromatic heterocycles. The van der Waals surface area contributed by atoms with Crippen LogP contribution in [0.3, 0.4) is 0 Å². The van der Waals surface area contributed by atoms with Crippen molar-refractivity contribution in [2.45, 2.75) is 0 Å². The zero-order chi connectivity index (χ0) is 23.5. The lowest BCUT2D eigenvalue weighted by Crippen LogP contribution is -2.68. The molecule has 0 bridgehead atoms. The van der Waals surface area contributed by atoms with Crippen LogP contribution in [-0.2, 0) is 0 Å². The Morgan fingerprint density at radius 1 is 0.688 bits per heavy atom. The summed E-state index contributed by atoms with van der Waals surface area (Å²) in [5.41, 5.74) is 7.35. The van der Waals surface area contributed by atoms with Gasteiger partial charge >= 0.3 is 0 Å². The second-order valence-electron chi connectivity index (χ2n) is 7.54. The van der Waals surface area contributed by atoms with Crippen LogP contribution in [0.5, 0.6) is 11.5 Å². The van der Waals surface area contributed by atoms with Crippen LogP contribution in [0.25, 0.3) is 11.3 Å². The molecular formula is C24H24ClNO6. The number of hydrogen-bond acceptors (Lipinski definition) is 6. The van der Waals surface area contributed by atoms with Gasteiger partial charge in [-0.3, -0.25) is 4.48 Å². The van der Waals surface area contributed by atoms with Crippen molar-refractivity contribution >= 4 is 17.0 Å². The molecule has 0 spiro atoms. The van der Waals surface area contributed by atoms with Gasteiger partial charge in [0.2, 0.25) is 0 Å². The first-order valence-corrected chi connectivity index (χ1v) is 10.9. The molecule has 0 fully saturated rings. The Hall–Kier alpha value is -2.91. The number of rotatable bonds is 4. The predicted molar refractivity (Wildman–Crippen MR) is 112 cm³/mol. The molecule has 3 aromatic rings. The van der Waals surface area contributed by atoms with Gasteiger partial charge in [0.15, 0.2) is 5.70 Å². The van der Waals surface area contributed by atoms with Gasteiger partial charge in [-0.2, -0.15) is 0 Å². The summed E-state index contributed by atoms with van der Waals surface area (Å²) in [4.78, 5) is 0. The third kappa shape index (κ3) is 5.11. The monoisotopic (exact) mass is 457 g/mol. The van der Waals surface area contributed by atoms with Gasteiger partial charge < -0.3 is 9.47 Å². The van der Waals surface area contributed by atoms with Gasteiger partial charge in [-0.25, -0.2) is 18.6 Å². The Labute approximate surface area is 189 Å². The van der Waals surface area contributed by atoms with Crippen LogP contribution in [0.1, 0.15) is 16.7 Å². The highest BCUT2D eigenvalue weighted by molar-refractivity contribution is 6.08. The summed E-state index contributed by atoms with van der Waals surface area (Å²) in [7, 11) is 2.94. The lowest BCUT2D eigenvalue weighted by atomic mass is 9.95. The third-order valence-corrected chi connectivity index (χ3v) is 5.27. The van der Waals surface area contributed by atoms with E-state index in [0.29, 0.717) is 4.48 Å².